The van der Waals surface area contributed by atoms with Crippen LogP contribution in [0, 0.1) is 0 Å². The van der Waals surface area contributed by atoms with Gasteiger partial charge < -0.3 is 20.5 Å². The molecule has 3 aromatic rings. The molecule has 0 unspecified atom stereocenters. The van der Waals surface area contributed by atoms with E-state index in [9.17, 15) is 23.1 Å². The van der Waals surface area contributed by atoms with E-state index in [1.54, 1.807) is 18.5 Å². The number of benzene rings is 1. The van der Waals surface area contributed by atoms with Crippen LogP contribution in [0.1, 0.15) is 29.3 Å². The third kappa shape index (κ3) is 3.66. The number of aliphatic hydroxyl groups excluding tert-OH is 1. The van der Waals surface area contributed by atoms with E-state index >= 15 is 0 Å². The molecule has 2 bridgehead atoms. The van der Waals surface area contributed by atoms with Crippen molar-refractivity contribution in [1.29, 1.82) is 0 Å². The Balaban J connectivity index is 1.47. The fraction of sp³-hybridized carbons (Fsp3) is 0.458. The normalized spacial score (nSPS) is 25.5. The summed E-state index contributed by atoms with van der Waals surface area (Å²) in [6, 6.07) is 5.06. The van der Waals surface area contributed by atoms with E-state index in [0.717, 1.165) is 5.56 Å². The standard InChI is InChI=1S/C24H25F3N6O3/c1-23(12-34)8-13-5-16(20-19(21(28)35)22-29-3-2-4-33(22)30-20)17(7-18(13)36-23)32-10-14-6-15(32)9-31(14)11-24(25,26)27/h2-5,7,14-15,34H,6,8-12H2,1H3,(H2,28,35)/t14-,15-,23-/m0/s1. The van der Waals surface area contributed by atoms with Crippen LogP contribution in [0.15, 0.2) is 30.6 Å². The number of amides is 1. The quantitative estimate of drug-likeness (QED) is 0.549. The highest BCUT2D eigenvalue weighted by molar-refractivity contribution is 6.06. The van der Waals surface area contributed by atoms with Gasteiger partial charge in [-0.15, -0.1) is 0 Å². The monoisotopic (exact) mass is 502 g/mol. The van der Waals surface area contributed by atoms with Gasteiger partial charge in [-0.1, -0.05) is 0 Å². The molecule has 0 aliphatic carbocycles. The van der Waals surface area contributed by atoms with E-state index in [0.29, 0.717) is 47.7 Å². The number of ether oxygens (including phenoxy) is 1. The molecular formula is C24H25F3N6O3. The second-order valence-corrected chi connectivity index (χ2v) is 10.1. The highest BCUT2D eigenvalue weighted by Gasteiger charge is 2.48. The molecule has 3 atom stereocenters. The number of primary amides is 1. The lowest BCUT2D eigenvalue weighted by Crippen LogP contribution is -2.49. The van der Waals surface area contributed by atoms with Crippen molar-refractivity contribution in [2.45, 2.75) is 43.6 Å². The summed E-state index contributed by atoms with van der Waals surface area (Å²) in [5.74, 6) is -0.0800. The molecule has 0 saturated carbocycles. The lowest BCUT2D eigenvalue weighted by molar-refractivity contribution is -0.148. The number of halogens is 3. The van der Waals surface area contributed by atoms with Crippen LogP contribution in [0.2, 0.25) is 0 Å². The molecule has 3 aliphatic heterocycles. The number of fused-ring (bicyclic) bond motifs is 4. The third-order valence-corrected chi connectivity index (χ3v) is 7.38. The van der Waals surface area contributed by atoms with Crippen LogP contribution in [0.25, 0.3) is 16.9 Å². The number of hydrogen-bond donors (Lipinski definition) is 2. The number of nitrogens with zero attached hydrogens (tertiary/aromatic N) is 5. The van der Waals surface area contributed by atoms with Crippen molar-refractivity contribution in [1.82, 2.24) is 19.5 Å². The van der Waals surface area contributed by atoms with Gasteiger partial charge in [-0.25, -0.2) is 9.50 Å². The maximum Gasteiger partial charge on any atom is 0.401 e. The topological polar surface area (TPSA) is 109 Å². The molecular weight excluding hydrogens is 477 g/mol. The molecule has 2 aromatic heterocycles. The molecule has 9 nitrogen and oxygen atoms in total. The van der Waals surface area contributed by atoms with Crippen LogP contribution in [0.3, 0.4) is 0 Å². The van der Waals surface area contributed by atoms with Crippen LogP contribution in [0.5, 0.6) is 5.75 Å². The first kappa shape index (κ1) is 23.0. The number of alkyl halides is 3. The Morgan fingerprint density at radius 1 is 1.31 bits per heavy atom. The van der Waals surface area contributed by atoms with Gasteiger partial charge in [0.2, 0.25) is 0 Å². The predicted molar refractivity (Wildman–Crippen MR) is 124 cm³/mol. The van der Waals surface area contributed by atoms with E-state index in [4.69, 9.17) is 10.5 Å². The third-order valence-electron chi connectivity index (χ3n) is 7.38. The maximum atomic E-state index is 13.1. The number of aromatic nitrogens is 3. The van der Waals surface area contributed by atoms with E-state index in [-0.39, 0.29) is 30.8 Å². The molecule has 2 saturated heterocycles. The van der Waals surface area contributed by atoms with Crippen molar-refractivity contribution in [2.24, 2.45) is 5.73 Å². The number of carbonyl (C=O) groups excluding carboxylic acids is 1. The molecule has 3 N–H and O–H groups in total. The summed E-state index contributed by atoms with van der Waals surface area (Å²) >= 11 is 0. The fourth-order valence-electron chi connectivity index (χ4n) is 5.84. The van der Waals surface area contributed by atoms with Crippen molar-refractivity contribution in [3.8, 4) is 17.0 Å². The zero-order valence-electron chi connectivity index (χ0n) is 19.5. The first-order valence-corrected chi connectivity index (χ1v) is 11.7. The van der Waals surface area contributed by atoms with E-state index < -0.39 is 24.2 Å². The summed E-state index contributed by atoms with van der Waals surface area (Å²) in [5, 5.41) is 14.5. The lowest BCUT2D eigenvalue weighted by atomic mass is 9.95. The summed E-state index contributed by atoms with van der Waals surface area (Å²) in [4.78, 5) is 20.4. The number of nitrogens with two attached hydrogens (primary N) is 1. The second-order valence-electron chi connectivity index (χ2n) is 10.1. The molecule has 5 heterocycles. The second kappa shape index (κ2) is 7.81. The highest BCUT2D eigenvalue weighted by Crippen LogP contribution is 2.47. The maximum absolute atomic E-state index is 13.1. The van der Waals surface area contributed by atoms with Crippen molar-refractivity contribution in [2.75, 3.05) is 31.1 Å². The Morgan fingerprint density at radius 3 is 2.78 bits per heavy atom. The van der Waals surface area contributed by atoms with E-state index in [1.807, 2.05) is 19.1 Å². The molecule has 0 radical (unpaired) electrons. The Morgan fingerprint density at radius 2 is 2.11 bits per heavy atom. The Bertz CT molecular complexity index is 1380. The Hall–Kier alpha value is -3.38. The van der Waals surface area contributed by atoms with Crippen LogP contribution >= 0.6 is 0 Å². The number of anilines is 1. The number of aliphatic hydroxyl groups is 1. The highest BCUT2D eigenvalue weighted by atomic mass is 19.4. The van der Waals surface area contributed by atoms with Crippen LogP contribution in [-0.2, 0) is 6.42 Å². The average Bonchev–Trinajstić information content (AvgIpc) is 3.56. The molecule has 6 rings (SSSR count). The van der Waals surface area contributed by atoms with Gasteiger partial charge >= 0.3 is 6.18 Å². The van der Waals surface area contributed by atoms with Gasteiger partial charge in [0.05, 0.1) is 18.8 Å². The first-order valence-electron chi connectivity index (χ1n) is 11.7. The van der Waals surface area contributed by atoms with Gasteiger partial charge in [-0.2, -0.15) is 18.3 Å². The number of carbonyl (C=O) groups is 1. The molecule has 1 amide bonds. The average molecular weight is 502 g/mol. The largest absolute Gasteiger partial charge is 0.484 e. The smallest absolute Gasteiger partial charge is 0.401 e. The van der Waals surface area contributed by atoms with Crippen molar-refractivity contribution in [3.63, 3.8) is 0 Å². The first-order chi connectivity index (χ1) is 17.0. The van der Waals surface area contributed by atoms with Gasteiger partial charge in [-0.3, -0.25) is 9.69 Å². The number of hydrogen-bond acceptors (Lipinski definition) is 7. The van der Waals surface area contributed by atoms with Crippen molar-refractivity contribution < 1.29 is 27.8 Å². The van der Waals surface area contributed by atoms with Crippen LogP contribution < -0.4 is 15.4 Å². The zero-order valence-corrected chi connectivity index (χ0v) is 19.5. The number of piperazine rings is 1. The molecule has 1 aromatic carbocycles. The molecule has 36 heavy (non-hydrogen) atoms. The molecule has 12 heteroatoms. The summed E-state index contributed by atoms with van der Waals surface area (Å²) in [6.07, 6.45) is 0.0267. The molecule has 0 spiro atoms. The van der Waals surface area contributed by atoms with Gasteiger partial charge in [-0.05, 0) is 31.0 Å². The zero-order chi connectivity index (χ0) is 25.4. The molecule has 190 valence electrons. The van der Waals surface area contributed by atoms with Crippen LogP contribution in [-0.4, -0.2) is 80.6 Å². The predicted octanol–water partition coefficient (Wildman–Crippen LogP) is 2.01. The van der Waals surface area contributed by atoms with Gasteiger partial charge in [0.15, 0.2) is 5.65 Å². The van der Waals surface area contributed by atoms with E-state index in [2.05, 4.69) is 15.0 Å². The van der Waals surface area contributed by atoms with Gasteiger partial charge in [0.25, 0.3) is 5.91 Å². The summed E-state index contributed by atoms with van der Waals surface area (Å²) in [5.41, 5.74) is 8.00. The lowest BCUT2D eigenvalue weighted by Gasteiger charge is -2.36. The van der Waals surface area contributed by atoms with E-state index in [1.165, 1.54) is 9.42 Å². The summed E-state index contributed by atoms with van der Waals surface area (Å²) in [7, 11) is 0. The van der Waals surface area contributed by atoms with Crippen LogP contribution in [0.4, 0.5) is 18.9 Å². The van der Waals surface area contributed by atoms with Gasteiger partial charge in [0, 0.05) is 55.6 Å². The van der Waals surface area contributed by atoms with Crippen molar-refractivity contribution >= 4 is 17.2 Å². The summed E-state index contributed by atoms with van der Waals surface area (Å²) in [6.45, 7) is 1.38. The fourth-order valence-corrected chi connectivity index (χ4v) is 5.84. The molecule has 2 fully saturated rings. The molecule has 3 aliphatic rings. The minimum Gasteiger partial charge on any atom is -0.484 e. The Kier molecular flexibility index (Phi) is 5.00. The van der Waals surface area contributed by atoms with Gasteiger partial charge in [0.1, 0.15) is 22.6 Å². The van der Waals surface area contributed by atoms with Crippen molar-refractivity contribution in [3.05, 3.63) is 41.7 Å². The summed E-state index contributed by atoms with van der Waals surface area (Å²) < 4.78 is 46.7. The SMILES string of the molecule is C[C@@]1(CO)Cc2cc(-c3nn4cccnc4c3C(N)=O)c(N3C[C@@H]4C[C@H]3CN4CC(F)(F)F)cc2O1. The Labute approximate surface area is 204 Å². The number of likely N-dealkylation sites (tertiary alicyclic amines) is 1. The minimum atomic E-state index is -4.25. The minimum absolute atomic E-state index is 0.132. The number of rotatable bonds is 5.